The molecule has 1 rings (SSSR count). The minimum absolute atomic E-state index is 0.104. The number of carbonyl (C=O) groups is 1. The Labute approximate surface area is 122 Å². The van der Waals surface area contributed by atoms with E-state index in [0.717, 1.165) is 31.5 Å². The molecule has 0 bridgehead atoms. The van der Waals surface area contributed by atoms with E-state index < -0.39 is 6.04 Å². The largest absolute Gasteiger partial charge is 0.325 e. The van der Waals surface area contributed by atoms with Crippen LogP contribution >= 0.6 is 0 Å². The number of rotatable bonds is 8. The van der Waals surface area contributed by atoms with E-state index in [1.165, 1.54) is 5.56 Å². The summed E-state index contributed by atoms with van der Waals surface area (Å²) in [6, 6.07) is 7.61. The number of hydrogen-bond donors (Lipinski definition) is 2. The molecule has 1 aromatic rings. The number of nitrogens with zero attached hydrogens (tertiary/aromatic N) is 1. The number of anilines is 1. The van der Waals surface area contributed by atoms with Crippen LogP contribution in [0.3, 0.4) is 0 Å². The summed E-state index contributed by atoms with van der Waals surface area (Å²) in [7, 11) is 4.16. The molecule has 1 aromatic carbocycles. The number of hydrogen-bond acceptors (Lipinski definition) is 3. The first kappa shape index (κ1) is 16.7. The maximum Gasteiger partial charge on any atom is 0.241 e. The topological polar surface area (TPSA) is 58.4 Å². The monoisotopic (exact) mass is 277 g/mol. The highest BCUT2D eigenvalue weighted by Gasteiger charge is 2.11. The van der Waals surface area contributed by atoms with Gasteiger partial charge in [0, 0.05) is 5.69 Å². The van der Waals surface area contributed by atoms with Crippen molar-refractivity contribution in [2.75, 3.05) is 26.0 Å². The van der Waals surface area contributed by atoms with Crippen molar-refractivity contribution in [2.24, 2.45) is 5.73 Å². The quantitative estimate of drug-likeness (QED) is 0.766. The molecule has 0 saturated carbocycles. The van der Waals surface area contributed by atoms with Gasteiger partial charge in [0.15, 0.2) is 0 Å². The maximum atomic E-state index is 11.8. The number of benzene rings is 1. The van der Waals surface area contributed by atoms with Crippen LogP contribution in [0.4, 0.5) is 5.69 Å². The molecule has 4 nitrogen and oxygen atoms in total. The van der Waals surface area contributed by atoms with E-state index >= 15 is 0 Å². The van der Waals surface area contributed by atoms with Crippen molar-refractivity contribution >= 4 is 11.6 Å². The van der Waals surface area contributed by atoms with Crippen LogP contribution in [0, 0.1) is 0 Å². The lowest BCUT2D eigenvalue weighted by molar-refractivity contribution is -0.117. The molecule has 0 spiro atoms. The Balaban J connectivity index is 2.44. The number of nitrogens with one attached hydrogen (secondary N) is 1. The Hall–Kier alpha value is -1.39. The van der Waals surface area contributed by atoms with Gasteiger partial charge in [-0.15, -0.1) is 0 Å². The first-order valence-electron chi connectivity index (χ1n) is 7.33. The van der Waals surface area contributed by atoms with Crippen LogP contribution in [-0.4, -0.2) is 37.5 Å². The van der Waals surface area contributed by atoms with Gasteiger partial charge in [0.25, 0.3) is 0 Å². The molecular formula is C16H27N3O. The maximum absolute atomic E-state index is 11.8. The van der Waals surface area contributed by atoms with Gasteiger partial charge in [0.1, 0.15) is 0 Å². The van der Waals surface area contributed by atoms with E-state index in [1.807, 2.05) is 19.1 Å². The molecule has 0 fully saturated rings. The smallest absolute Gasteiger partial charge is 0.241 e. The van der Waals surface area contributed by atoms with Crippen molar-refractivity contribution in [3.05, 3.63) is 29.8 Å². The van der Waals surface area contributed by atoms with Crippen LogP contribution in [-0.2, 0) is 11.2 Å². The molecule has 0 radical (unpaired) electrons. The Morgan fingerprint density at radius 1 is 1.30 bits per heavy atom. The number of aryl methyl sites for hydroxylation is 1. The summed E-state index contributed by atoms with van der Waals surface area (Å²) >= 11 is 0. The zero-order valence-electron chi connectivity index (χ0n) is 12.9. The van der Waals surface area contributed by atoms with Crippen molar-refractivity contribution in [3.8, 4) is 0 Å². The van der Waals surface area contributed by atoms with Gasteiger partial charge in [-0.25, -0.2) is 0 Å². The van der Waals surface area contributed by atoms with Crippen LogP contribution in [0.2, 0.25) is 0 Å². The SMILES string of the molecule is CCC[C@H](N)C(=O)Nc1ccc(CCCN(C)C)cc1. The third kappa shape index (κ3) is 6.17. The molecule has 0 unspecified atom stereocenters. The molecule has 1 atom stereocenters. The molecule has 4 heteroatoms. The highest BCUT2D eigenvalue weighted by atomic mass is 16.2. The van der Waals surface area contributed by atoms with Gasteiger partial charge < -0.3 is 16.0 Å². The summed E-state index contributed by atoms with van der Waals surface area (Å²) in [5.41, 5.74) is 7.89. The van der Waals surface area contributed by atoms with Gasteiger partial charge in [-0.05, 0) is 57.6 Å². The molecule has 1 amide bonds. The van der Waals surface area contributed by atoms with Crippen molar-refractivity contribution in [3.63, 3.8) is 0 Å². The van der Waals surface area contributed by atoms with Crippen molar-refractivity contribution in [2.45, 2.75) is 38.6 Å². The van der Waals surface area contributed by atoms with Crippen LogP contribution in [0.15, 0.2) is 24.3 Å². The van der Waals surface area contributed by atoms with Crippen molar-refractivity contribution < 1.29 is 4.79 Å². The number of amides is 1. The first-order valence-corrected chi connectivity index (χ1v) is 7.33. The second kappa shape index (κ2) is 8.72. The van der Waals surface area contributed by atoms with Crippen molar-refractivity contribution in [1.82, 2.24) is 4.90 Å². The van der Waals surface area contributed by atoms with Gasteiger partial charge in [-0.2, -0.15) is 0 Å². The summed E-state index contributed by atoms with van der Waals surface area (Å²) in [5.74, 6) is -0.104. The molecule has 112 valence electrons. The van der Waals surface area contributed by atoms with Crippen LogP contribution in [0.5, 0.6) is 0 Å². The number of carbonyl (C=O) groups excluding carboxylic acids is 1. The van der Waals surface area contributed by atoms with Gasteiger partial charge in [0.05, 0.1) is 6.04 Å². The lowest BCUT2D eigenvalue weighted by Gasteiger charge is -2.12. The van der Waals surface area contributed by atoms with E-state index in [4.69, 9.17) is 5.73 Å². The third-order valence-electron chi connectivity index (χ3n) is 3.23. The molecule has 20 heavy (non-hydrogen) atoms. The van der Waals surface area contributed by atoms with E-state index in [1.54, 1.807) is 0 Å². The summed E-state index contributed by atoms with van der Waals surface area (Å²) in [6.07, 6.45) is 3.83. The highest BCUT2D eigenvalue weighted by Crippen LogP contribution is 2.12. The fourth-order valence-electron chi connectivity index (χ4n) is 2.03. The van der Waals surface area contributed by atoms with E-state index in [9.17, 15) is 4.79 Å². The molecular weight excluding hydrogens is 250 g/mol. The normalized spacial score (nSPS) is 12.4. The van der Waals surface area contributed by atoms with Gasteiger partial charge in [-0.1, -0.05) is 25.5 Å². The van der Waals surface area contributed by atoms with E-state index in [2.05, 4.69) is 36.4 Å². The van der Waals surface area contributed by atoms with Gasteiger partial charge in [-0.3, -0.25) is 4.79 Å². The molecule has 0 aliphatic rings. The lowest BCUT2D eigenvalue weighted by Crippen LogP contribution is -2.35. The molecule has 3 N–H and O–H groups in total. The van der Waals surface area contributed by atoms with E-state index in [0.29, 0.717) is 6.42 Å². The summed E-state index contributed by atoms with van der Waals surface area (Å²) in [4.78, 5) is 14.0. The van der Waals surface area contributed by atoms with Gasteiger partial charge >= 0.3 is 0 Å². The Kier molecular flexibility index (Phi) is 7.26. The molecule has 0 saturated heterocycles. The molecule has 0 aliphatic carbocycles. The fourth-order valence-corrected chi connectivity index (χ4v) is 2.03. The van der Waals surface area contributed by atoms with Crippen LogP contribution in [0.25, 0.3) is 0 Å². The van der Waals surface area contributed by atoms with Gasteiger partial charge in [0.2, 0.25) is 5.91 Å². The predicted molar refractivity (Wildman–Crippen MR) is 84.8 cm³/mol. The second-order valence-electron chi connectivity index (χ2n) is 5.49. The molecule has 0 aromatic heterocycles. The molecule has 0 heterocycles. The molecule has 0 aliphatic heterocycles. The standard InChI is InChI=1S/C16H27N3O/c1-4-6-15(17)16(20)18-14-10-8-13(9-11-14)7-5-12-19(2)3/h8-11,15H,4-7,12,17H2,1-3H3,(H,18,20)/t15-/m0/s1. The zero-order chi connectivity index (χ0) is 15.0. The average molecular weight is 277 g/mol. The first-order chi connectivity index (χ1) is 9.52. The van der Waals surface area contributed by atoms with Crippen molar-refractivity contribution in [1.29, 1.82) is 0 Å². The number of nitrogens with two attached hydrogens (primary N) is 1. The minimum atomic E-state index is -0.417. The highest BCUT2D eigenvalue weighted by molar-refractivity contribution is 5.94. The minimum Gasteiger partial charge on any atom is -0.325 e. The van der Waals surface area contributed by atoms with Crippen LogP contribution < -0.4 is 11.1 Å². The second-order valence-corrected chi connectivity index (χ2v) is 5.49. The Morgan fingerprint density at radius 2 is 1.95 bits per heavy atom. The third-order valence-corrected chi connectivity index (χ3v) is 3.23. The summed E-state index contributed by atoms with van der Waals surface area (Å²) in [5, 5.41) is 2.86. The van der Waals surface area contributed by atoms with Crippen LogP contribution in [0.1, 0.15) is 31.7 Å². The average Bonchev–Trinajstić information content (AvgIpc) is 2.40. The fraction of sp³-hybridized carbons (Fsp3) is 0.562. The Morgan fingerprint density at radius 3 is 2.50 bits per heavy atom. The zero-order valence-corrected chi connectivity index (χ0v) is 12.9. The summed E-state index contributed by atoms with van der Waals surface area (Å²) in [6.45, 7) is 3.11. The lowest BCUT2D eigenvalue weighted by atomic mass is 10.1. The Bertz CT molecular complexity index is 401. The predicted octanol–water partition coefficient (Wildman–Crippen LogP) is 2.25. The van der Waals surface area contributed by atoms with E-state index in [-0.39, 0.29) is 5.91 Å². The summed E-state index contributed by atoms with van der Waals surface area (Å²) < 4.78 is 0.